The van der Waals surface area contributed by atoms with Gasteiger partial charge in [-0.1, -0.05) is 54.6 Å². The molecule has 1 aliphatic heterocycles. The van der Waals surface area contributed by atoms with Crippen molar-refractivity contribution in [3.63, 3.8) is 0 Å². The summed E-state index contributed by atoms with van der Waals surface area (Å²) in [5.41, 5.74) is 6.13. The highest BCUT2D eigenvalue weighted by atomic mass is 16.2. The Morgan fingerprint density at radius 1 is 0.935 bits per heavy atom. The molecule has 4 rings (SSSR count). The highest BCUT2D eigenvalue weighted by Gasteiger charge is 2.32. The lowest BCUT2D eigenvalue weighted by atomic mass is 10.00. The van der Waals surface area contributed by atoms with Gasteiger partial charge in [-0.25, -0.2) is 0 Å². The number of aryl methyl sites for hydroxylation is 1. The van der Waals surface area contributed by atoms with Crippen molar-refractivity contribution in [3.8, 4) is 0 Å². The lowest BCUT2D eigenvalue weighted by Gasteiger charge is -2.43. The van der Waals surface area contributed by atoms with Crippen molar-refractivity contribution in [2.45, 2.75) is 19.9 Å². The van der Waals surface area contributed by atoms with Gasteiger partial charge in [0.1, 0.15) is 0 Å². The number of allylic oxidation sites excluding steroid dienone is 1. The van der Waals surface area contributed by atoms with E-state index >= 15 is 0 Å². The van der Waals surface area contributed by atoms with Gasteiger partial charge < -0.3 is 15.1 Å². The van der Waals surface area contributed by atoms with Gasteiger partial charge in [0, 0.05) is 42.3 Å². The molecule has 0 saturated carbocycles. The van der Waals surface area contributed by atoms with Crippen molar-refractivity contribution in [1.29, 1.82) is 0 Å². The first kappa shape index (κ1) is 20.7. The number of amides is 1. The van der Waals surface area contributed by atoms with E-state index < -0.39 is 0 Å². The molecule has 3 aromatic carbocycles. The van der Waals surface area contributed by atoms with Crippen molar-refractivity contribution in [3.05, 3.63) is 108 Å². The van der Waals surface area contributed by atoms with Crippen LogP contribution in [-0.4, -0.2) is 30.4 Å². The fourth-order valence-electron chi connectivity index (χ4n) is 4.08. The van der Waals surface area contributed by atoms with E-state index in [0.29, 0.717) is 12.1 Å². The third kappa shape index (κ3) is 4.80. The Kier molecular flexibility index (Phi) is 6.08. The predicted molar refractivity (Wildman–Crippen MR) is 128 cm³/mol. The summed E-state index contributed by atoms with van der Waals surface area (Å²) in [6.45, 7) is 10.1. The molecule has 3 aromatic rings. The third-order valence-corrected chi connectivity index (χ3v) is 5.71. The summed E-state index contributed by atoms with van der Waals surface area (Å²) in [5.74, 6) is 0.0688. The van der Waals surface area contributed by atoms with Crippen molar-refractivity contribution in [2.24, 2.45) is 0 Å². The quantitative estimate of drug-likeness (QED) is 0.590. The van der Waals surface area contributed by atoms with Crippen LogP contribution < -0.4 is 10.2 Å². The van der Waals surface area contributed by atoms with Crippen LogP contribution in [0.15, 0.2) is 91.1 Å². The van der Waals surface area contributed by atoms with Gasteiger partial charge in [0.05, 0.1) is 6.04 Å². The largest absolute Gasteiger partial charge is 0.367 e. The van der Waals surface area contributed by atoms with Crippen molar-refractivity contribution >= 4 is 17.3 Å². The first-order valence-corrected chi connectivity index (χ1v) is 10.7. The molecule has 0 spiro atoms. The Hall–Kier alpha value is -3.53. The Balaban J connectivity index is 1.59. The van der Waals surface area contributed by atoms with Crippen LogP contribution in [0.25, 0.3) is 0 Å². The fourth-order valence-corrected chi connectivity index (χ4v) is 4.08. The number of nitrogens with zero attached hydrogens (tertiary/aromatic N) is 2. The molecule has 1 aliphatic rings. The summed E-state index contributed by atoms with van der Waals surface area (Å²) >= 11 is 0. The van der Waals surface area contributed by atoms with Crippen LogP contribution >= 0.6 is 0 Å². The molecule has 31 heavy (non-hydrogen) atoms. The number of piperazine rings is 1. The Morgan fingerprint density at radius 3 is 2.26 bits per heavy atom. The maximum atomic E-state index is 13.5. The summed E-state index contributed by atoms with van der Waals surface area (Å²) < 4.78 is 0. The molecule has 158 valence electrons. The standard InChI is InChI=1S/C27H29N3O/c1-20(2)28-24-13-11-23(12-14-24)27(31)30-18-17-29(25-15-9-21(3)10-16-25)19-26(30)22-7-5-4-6-8-22/h4-16,26,28H,1,17-19H2,2-3H3. The second-order valence-electron chi connectivity index (χ2n) is 8.19. The number of hydrogen-bond donors (Lipinski definition) is 1. The summed E-state index contributed by atoms with van der Waals surface area (Å²) in [4.78, 5) is 17.9. The number of carbonyl (C=O) groups is 1. The number of carbonyl (C=O) groups excluding carboxylic acids is 1. The highest BCUT2D eigenvalue weighted by molar-refractivity contribution is 5.95. The predicted octanol–water partition coefficient (Wildman–Crippen LogP) is 5.64. The summed E-state index contributed by atoms with van der Waals surface area (Å²) in [6.07, 6.45) is 0. The number of anilines is 2. The van der Waals surface area contributed by atoms with Gasteiger partial charge in [0.2, 0.25) is 0 Å². The molecule has 1 unspecified atom stereocenters. The second kappa shape index (κ2) is 9.09. The third-order valence-electron chi connectivity index (χ3n) is 5.71. The van der Waals surface area contributed by atoms with E-state index in [2.05, 4.69) is 60.1 Å². The fraction of sp³-hybridized carbons (Fsp3) is 0.222. The van der Waals surface area contributed by atoms with Gasteiger partial charge >= 0.3 is 0 Å². The summed E-state index contributed by atoms with van der Waals surface area (Å²) in [5, 5.41) is 3.19. The minimum Gasteiger partial charge on any atom is -0.367 e. The molecule has 0 aromatic heterocycles. The van der Waals surface area contributed by atoms with Crippen molar-refractivity contribution in [1.82, 2.24) is 4.90 Å². The van der Waals surface area contributed by atoms with Crippen molar-refractivity contribution < 1.29 is 4.79 Å². The van der Waals surface area contributed by atoms with Crippen LogP contribution in [0.1, 0.15) is 34.5 Å². The van der Waals surface area contributed by atoms with Gasteiger partial charge in [0.15, 0.2) is 0 Å². The summed E-state index contributed by atoms with van der Waals surface area (Å²) in [7, 11) is 0. The van der Waals surface area contributed by atoms with Crippen LogP contribution in [0.5, 0.6) is 0 Å². The molecule has 1 heterocycles. The highest BCUT2D eigenvalue weighted by Crippen LogP contribution is 2.30. The minimum absolute atomic E-state index is 0.00280. The van der Waals surface area contributed by atoms with Crippen LogP contribution in [-0.2, 0) is 0 Å². The molecule has 1 amide bonds. The number of hydrogen-bond acceptors (Lipinski definition) is 3. The number of benzene rings is 3. The average molecular weight is 412 g/mol. The zero-order valence-corrected chi connectivity index (χ0v) is 18.2. The smallest absolute Gasteiger partial charge is 0.254 e. The molecular formula is C27H29N3O. The first-order chi connectivity index (χ1) is 15.0. The zero-order valence-electron chi connectivity index (χ0n) is 18.2. The average Bonchev–Trinajstić information content (AvgIpc) is 2.79. The Bertz CT molecular complexity index is 1040. The van der Waals surface area contributed by atoms with Gasteiger partial charge in [-0.3, -0.25) is 4.79 Å². The van der Waals surface area contributed by atoms with Gasteiger partial charge in [-0.2, -0.15) is 0 Å². The molecule has 1 fully saturated rings. The molecule has 0 radical (unpaired) electrons. The van der Waals surface area contributed by atoms with E-state index in [9.17, 15) is 4.79 Å². The molecule has 0 aliphatic carbocycles. The number of rotatable bonds is 5. The van der Waals surface area contributed by atoms with Crippen molar-refractivity contribution in [2.75, 3.05) is 29.9 Å². The number of nitrogens with one attached hydrogen (secondary N) is 1. The SMILES string of the molecule is C=C(C)Nc1ccc(C(=O)N2CCN(c3ccc(C)cc3)CC2c2ccccc2)cc1. The first-order valence-electron chi connectivity index (χ1n) is 10.7. The molecule has 1 atom stereocenters. The topological polar surface area (TPSA) is 35.6 Å². The monoisotopic (exact) mass is 411 g/mol. The van der Waals surface area contributed by atoms with E-state index in [0.717, 1.165) is 30.0 Å². The summed E-state index contributed by atoms with van der Waals surface area (Å²) in [6, 6.07) is 26.6. The van der Waals surface area contributed by atoms with E-state index in [1.54, 1.807) is 0 Å². The maximum absolute atomic E-state index is 13.5. The molecule has 1 N–H and O–H groups in total. The van der Waals surface area contributed by atoms with Crippen LogP contribution in [0.2, 0.25) is 0 Å². The Labute approximate surface area is 184 Å². The van der Waals surface area contributed by atoms with Gasteiger partial charge in [-0.15, -0.1) is 0 Å². The van der Waals surface area contributed by atoms with E-state index in [1.165, 1.54) is 11.3 Å². The second-order valence-corrected chi connectivity index (χ2v) is 8.19. The Morgan fingerprint density at radius 2 is 1.61 bits per heavy atom. The van der Waals surface area contributed by atoms with Crippen LogP contribution in [0.4, 0.5) is 11.4 Å². The van der Waals surface area contributed by atoms with E-state index in [-0.39, 0.29) is 11.9 Å². The van der Waals surface area contributed by atoms with Gasteiger partial charge in [-0.05, 0) is 55.8 Å². The maximum Gasteiger partial charge on any atom is 0.254 e. The lowest BCUT2D eigenvalue weighted by Crippen LogP contribution is -2.50. The molecule has 1 saturated heterocycles. The lowest BCUT2D eigenvalue weighted by molar-refractivity contribution is 0.0655. The molecule has 4 nitrogen and oxygen atoms in total. The van der Waals surface area contributed by atoms with Crippen LogP contribution in [0, 0.1) is 6.92 Å². The zero-order chi connectivity index (χ0) is 21.8. The van der Waals surface area contributed by atoms with Gasteiger partial charge in [0.25, 0.3) is 5.91 Å². The van der Waals surface area contributed by atoms with E-state index in [4.69, 9.17) is 0 Å². The molecular weight excluding hydrogens is 382 g/mol. The van der Waals surface area contributed by atoms with Crippen LogP contribution in [0.3, 0.4) is 0 Å². The minimum atomic E-state index is -0.00280. The van der Waals surface area contributed by atoms with E-state index in [1.807, 2.05) is 54.3 Å². The molecule has 0 bridgehead atoms. The molecule has 4 heteroatoms. The normalized spacial score (nSPS) is 16.1.